The van der Waals surface area contributed by atoms with Crippen molar-refractivity contribution in [3.63, 3.8) is 0 Å². The molecule has 4 fully saturated rings. The van der Waals surface area contributed by atoms with Crippen molar-refractivity contribution in [2.24, 2.45) is 17.3 Å². The number of rotatable bonds is 2. The molecule has 2 unspecified atom stereocenters. The third-order valence-corrected chi connectivity index (χ3v) is 6.74. The maximum absolute atomic E-state index is 12.9. The largest absolute Gasteiger partial charge is 0.345 e. The average Bonchev–Trinajstić information content (AvgIpc) is 2.50. The van der Waals surface area contributed by atoms with Gasteiger partial charge in [0.15, 0.2) is 0 Å². The minimum Gasteiger partial charge on any atom is -0.345 e. The maximum Gasteiger partial charge on any atom is 0.227 e. The van der Waals surface area contributed by atoms with Crippen LogP contribution in [0.2, 0.25) is 0 Å². The van der Waals surface area contributed by atoms with Gasteiger partial charge in [-0.3, -0.25) is 4.79 Å². The Hall–Kier alpha value is -1.27. The highest BCUT2D eigenvalue weighted by Crippen LogP contribution is 2.64. The molecule has 4 saturated carbocycles. The van der Waals surface area contributed by atoms with Crippen LogP contribution in [0.15, 0.2) is 30.3 Å². The van der Waals surface area contributed by atoms with Crippen molar-refractivity contribution in [2.45, 2.75) is 42.8 Å². The van der Waals surface area contributed by atoms with Crippen molar-refractivity contribution >= 4 is 21.8 Å². The van der Waals surface area contributed by atoms with Crippen LogP contribution in [0.1, 0.15) is 44.1 Å². The smallest absolute Gasteiger partial charge is 0.227 e. The van der Waals surface area contributed by atoms with E-state index in [4.69, 9.17) is 0 Å². The molecule has 4 bridgehead atoms. The van der Waals surface area contributed by atoms with Gasteiger partial charge in [-0.25, -0.2) is 0 Å². The molecule has 1 aromatic carbocycles. The lowest BCUT2D eigenvalue weighted by molar-refractivity contribution is -0.143. The Balaban J connectivity index is 1.41. The summed E-state index contributed by atoms with van der Waals surface area (Å²) in [4.78, 5) is 12.9. The van der Waals surface area contributed by atoms with E-state index in [1.807, 2.05) is 30.3 Å². The Bertz CT molecular complexity index is 658. The van der Waals surface area contributed by atoms with Crippen LogP contribution in [0.4, 0.5) is 0 Å². The normalized spacial score (nSPS) is 37.1. The molecular formula is C20H22BrNO. The van der Waals surface area contributed by atoms with Crippen LogP contribution in [-0.2, 0) is 4.79 Å². The SMILES string of the molecule is O=C(NCC#Cc1ccccc1)C12CC3CC(CC(Br)(C3)C1)C2. The number of nitrogens with one attached hydrogen (secondary N) is 1. The third kappa shape index (κ3) is 2.94. The topological polar surface area (TPSA) is 29.1 Å². The molecule has 0 aliphatic heterocycles. The van der Waals surface area contributed by atoms with Gasteiger partial charge in [-0.2, -0.15) is 0 Å². The summed E-state index contributed by atoms with van der Waals surface area (Å²) < 4.78 is 0.226. The van der Waals surface area contributed by atoms with Crippen LogP contribution in [0, 0.1) is 29.1 Å². The predicted octanol–water partition coefficient (Wildman–Crippen LogP) is 3.89. The van der Waals surface area contributed by atoms with E-state index in [2.05, 4.69) is 33.1 Å². The van der Waals surface area contributed by atoms with Gasteiger partial charge in [0, 0.05) is 9.89 Å². The standard InChI is InChI=1S/C20H22BrNO/c21-20-12-16-9-17(13-20)11-19(10-16,14-20)18(23)22-8-4-7-15-5-2-1-3-6-15/h1-3,5-6,16-17H,8-14H2,(H,22,23). The van der Waals surface area contributed by atoms with Crippen molar-refractivity contribution < 1.29 is 4.79 Å². The molecule has 0 heterocycles. The van der Waals surface area contributed by atoms with Crippen molar-refractivity contribution in [1.82, 2.24) is 5.32 Å². The van der Waals surface area contributed by atoms with Crippen molar-refractivity contribution in [1.29, 1.82) is 0 Å². The Morgan fingerprint density at radius 1 is 1.17 bits per heavy atom. The number of alkyl halides is 1. The van der Waals surface area contributed by atoms with Gasteiger partial charge in [0.25, 0.3) is 0 Å². The molecule has 1 aromatic rings. The molecule has 3 heteroatoms. The third-order valence-electron chi connectivity index (χ3n) is 5.82. The number of halogens is 1. The number of carbonyl (C=O) groups excluding carboxylic acids is 1. The Morgan fingerprint density at radius 2 is 1.87 bits per heavy atom. The molecule has 23 heavy (non-hydrogen) atoms. The monoisotopic (exact) mass is 371 g/mol. The van der Waals surface area contributed by atoms with Crippen molar-refractivity contribution in [3.05, 3.63) is 35.9 Å². The average molecular weight is 372 g/mol. The van der Waals surface area contributed by atoms with Gasteiger partial charge in [-0.1, -0.05) is 46.0 Å². The summed E-state index contributed by atoms with van der Waals surface area (Å²) in [7, 11) is 0. The zero-order valence-corrected chi connectivity index (χ0v) is 14.9. The number of benzene rings is 1. The van der Waals surface area contributed by atoms with E-state index >= 15 is 0 Å². The number of amides is 1. The van der Waals surface area contributed by atoms with Crippen LogP contribution < -0.4 is 5.32 Å². The first kappa shape index (κ1) is 15.3. The lowest BCUT2D eigenvalue weighted by Gasteiger charge is -2.59. The summed E-state index contributed by atoms with van der Waals surface area (Å²) in [5, 5.41) is 3.09. The highest BCUT2D eigenvalue weighted by atomic mass is 79.9. The fourth-order valence-electron chi connectivity index (χ4n) is 5.40. The Morgan fingerprint density at radius 3 is 2.52 bits per heavy atom. The van der Waals surface area contributed by atoms with Gasteiger partial charge in [0.2, 0.25) is 5.91 Å². The zero-order valence-electron chi connectivity index (χ0n) is 13.3. The van der Waals surface area contributed by atoms with Gasteiger partial charge < -0.3 is 5.32 Å². The van der Waals surface area contributed by atoms with E-state index in [1.165, 1.54) is 19.3 Å². The van der Waals surface area contributed by atoms with E-state index in [0.29, 0.717) is 6.54 Å². The molecule has 0 radical (unpaired) electrons. The van der Waals surface area contributed by atoms with Crippen molar-refractivity contribution in [3.8, 4) is 11.8 Å². The quantitative estimate of drug-likeness (QED) is 0.620. The molecule has 4 aliphatic carbocycles. The lowest BCUT2D eigenvalue weighted by Crippen LogP contribution is -2.58. The zero-order chi connectivity index (χ0) is 15.9. The molecule has 120 valence electrons. The van der Waals surface area contributed by atoms with E-state index in [-0.39, 0.29) is 15.6 Å². The first-order valence-corrected chi connectivity index (χ1v) is 9.37. The Kier molecular flexibility index (Phi) is 3.76. The number of hydrogen-bond donors (Lipinski definition) is 1. The second-order valence-electron chi connectivity index (χ2n) is 7.74. The molecule has 4 aliphatic rings. The van der Waals surface area contributed by atoms with Gasteiger partial charge >= 0.3 is 0 Å². The van der Waals surface area contributed by atoms with Crippen LogP contribution in [0.3, 0.4) is 0 Å². The minimum atomic E-state index is -0.137. The summed E-state index contributed by atoms with van der Waals surface area (Å²) in [6, 6.07) is 9.92. The maximum atomic E-state index is 12.9. The van der Waals surface area contributed by atoms with E-state index < -0.39 is 0 Å². The fourth-order valence-corrected chi connectivity index (χ4v) is 6.85. The van der Waals surface area contributed by atoms with Crippen LogP contribution >= 0.6 is 15.9 Å². The molecule has 5 rings (SSSR count). The molecule has 2 nitrogen and oxygen atoms in total. The van der Waals surface area contributed by atoms with E-state index in [1.54, 1.807) is 0 Å². The van der Waals surface area contributed by atoms with Gasteiger partial charge in [0.1, 0.15) is 0 Å². The summed E-state index contributed by atoms with van der Waals surface area (Å²) in [5.41, 5.74) is 0.859. The molecule has 1 N–H and O–H groups in total. The second kappa shape index (κ2) is 5.67. The van der Waals surface area contributed by atoms with Crippen LogP contribution in [-0.4, -0.2) is 16.8 Å². The first-order chi connectivity index (χ1) is 11.1. The lowest BCUT2D eigenvalue weighted by atomic mass is 9.49. The van der Waals surface area contributed by atoms with Gasteiger partial charge in [0.05, 0.1) is 12.0 Å². The molecule has 0 spiro atoms. The summed E-state index contributed by atoms with van der Waals surface area (Å²) in [6.45, 7) is 0.445. The second-order valence-corrected chi connectivity index (χ2v) is 9.42. The van der Waals surface area contributed by atoms with Crippen molar-refractivity contribution in [2.75, 3.05) is 6.54 Å². The molecule has 0 aromatic heterocycles. The first-order valence-electron chi connectivity index (χ1n) is 8.58. The molecular weight excluding hydrogens is 350 g/mol. The highest BCUT2D eigenvalue weighted by Gasteiger charge is 2.59. The fraction of sp³-hybridized carbons (Fsp3) is 0.550. The minimum absolute atomic E-state index is 0.137. The summed E-state index contributed by atoms with van der Waals surface area (Å²) in [5.74, 6) is 7.89. The highest BCUT2D eigenvalue weighted by molar-refractivity contribution is 9.10. The molecule has 2 atom stereocenters. The van der Waals surface area contributed by atoms with Gasteiger partial charge in [-0.15, -0.1) is 0 Å². The predicted molar refractivity (Wildman–Crippen MR) is 95.1 cm³/mol. The molecule has 0 saturated heterocycles. The summed E-state index contributed by atoms with van der Waals surface area (Å²) >= 11 is 3.97. The number of carbonyl (C=O) groups is 1. The van der Waals surface area contributed by atoms with E-state index in [0.717, 1.165) is 36.7 Å². The molecule has 1 amide bonds. The summed E-state index contributed by atoms with van der Waals surface area (Å²) in [6.07, 6.45) is 7.00. The van der Waals surface area contributed by atoms with E-state index in [9.17, 15) is 4.79 Å². The number of hydrogen-bond acceptors (Lipinski definition) is 1. The van der Waals surface area contributed by atoms with Gasteiger partial charge in [-0.05, 0) is 62.5 Å². The Labute approximate surface area is 146 Å². The van der Waals surface area contributed by atoms with Crippen LogP contribution in [0.25, 0.3) is 0 Å². The van der Waals surface area contributed by atoms with Crippen LogP contribution in [0.5, 0.6) is 0 Å².